The van der Waals surface area contributed by atoms with Gasteiger partial charge in [-0.05, 0) is 18.1 Å². The molecule has 0 spiro atoms. The maximum Gasteiger partial charge on any atom is 0.273 e. The molecule has 5 rings (SSSR count). The number of aromatic nitrogens is 4. The number of methoxy groups -OCH3 is 1. The van der Waals surface area contributed by atoms with E-state index in [1.54, 1.807) is 13.3 Å². The number of carbonyl (C=O) groups is 1. The number of fused-ring (bicyclic) bond motifs is 1. The van der Waals surface area contributed by atoms with Crippen molar-refractivity contribution in [3.8, 4) is 5.75 Å². The maximum atomic E-state index is 13.7. The summed E-state index contributed by atoms with van der Waals surface area (Å²) in [4.78, 5) is 20.6. The average molecular weight is 489 g/mol. The van der Waals surface area contributed by atoms with Crippen molar-refractivity contribution in [1.82, 2.24) is 29.5 Å². The molecule has 1 N–H and O–H groups in total. The van der Waals surface area contributed by atoms with E-state index in [1.165, 1.54) is 0 Å². The summed E-state index contributed by atoms with van der Waals surface area (Å²) in [6, 6.07) is 15.5. The third-order valence-corrected chi connectivity index (χ3v) is 6.66. The van der Waals surface area contributed by atoms with Gasteiger partial charge in [0.25, 0.3) is 5.91 Å². The first-order chi connectivity index (χ1) is 17.6. The van der Waals surface area contributed by atoms with Gasteiger partial charge < -0.3 is 19.4 Å². The molecule has 0 unspecified atom stereocenters. The number of benzene rings is 2. The number of morpholine rings is 1. The summed E-state index contributed by atoms with van der Waals surface area (Å²) in [5.41, 5.74) is 2.33. The number of imidazole rings is 1. The molecule has 1 atom stereocenters. The normalized spacial score (nSPS) is 15.2. The monoisotopic (exact) mass is 488 g/mol. The quantitative estimate of drug-likeness (QED) is 0.390. The molecule has 0 saturated carbocycles. The number of hydrogen-bond donors (Lipinski definition) is 1. The molecule has 1 aliphatic heterocycles. The fourth-order valence-corrected chi connectivity index (χ4v) is 4.76. The summed E-state index contributed by atoms with van der Waals surface area (Å²) < 4.78 is 15.0. The van der Waals surface area contributed by atoms with Crippen molar-refractivity contribution in [2.45, 2.75) is 19.0 Å². The van der Waals surface area contributed by atoms with Crippen molar-refractivity contribution < 1.29 is 14.3 Å². The molecule has 36 heavy (non-hydrogen) atoms. The largest absolute Gasteiger partial charge is 0.494 e. The van der Waals surface area contributed by atoms with E-state index in [0.717, 1.165) is 55.1 Å². The van der Waals surface area contributed by atoms with Crippen LogP contribution in [0.4, 0.5) is 0 Å². The SMILES string of the molecule is COc1cccc2c(C(=O)N[C@@H](Cc3ccccc3)c3nccn3C)nn(CCN3CCOCC3)c12. The number of ether oxygens (including phenoxy) is 2. The van der Waals surface area contributed by atoms with E-state index in [4.69, 9.17) is 14.6 Å². The third kappa shape index (κ3) is 5.12. The Morgan fingerprint density at radius 2 is 1.92 bits per heavy atom. The molecule has 0 aliphatic carbocycles. The second kappa shape index (κ2) is 10.9. The second-order valence-corrected chi connectivity index (χ2v) is 8.99. The standard InChI is InChI=1S/C27H32N6O3/c1-31-12-11-28-26(31)22(19-20-7-4-3-5-8-20)29-27(34)24-21-9-6-10-23(35-2)25(21)33(30-24)14-13-32-15-17-36-18-16-32/h3-12,22H,13-19H2,1-2H3,(H,29,34)/t22-/m0/s1. The molecule has 1 fully saturated rings. The molecule has 1 amide bonds. The molecule has 9 heteroatoms. The first-order valence-corrected chi connectivity index (χ1v) is 12.3. The highest BCUT2D eigenvalue weighted by molar-refractivity contribution is 6.06. The van der Waals surface area contributed by atoms with Crippen LogP contribution in [0.25, 0.3) is 10.9 Å². The Kier molecular flexibility index (Phi) is 7.29. The maximum absolute atomic E-state index is 13.7. The van der Waals surface area contributed by atoms with E-state index >= 15 is 0 Å². The minimum Gasteiger partial charge on any atom is -0.494 e. The van der Waals surface area contributed by atoms with Gasteiger partial charge in [-0.3, -0.25) is 14.4 Å². The summed E-state index contributed by atoms with van der Waals surface area (Å²) in [5, 5.41) is 8.76. The fraction of sp³-hybridized carbons (Fsp3) is 0.370. The van der Waals surface area contributed by atoms with Gasteiger partial charge >= 0.3 is 0 Å². The van der Waals surface area contributed by atoms with Crippen molar-refractivity contribution in [2.75, 3.05) is 40.0 Å². The zero-order valence-electron chi connectivity index (χ0n) is 20.8. The third-order valence-electron chi connectivity index (χ3n) is 6.66. The van der Waals surface area contributed by atoms with Crippen molar-refractivity contribution in [3.05, 3.63) is 78.0 Å². The molecule has 2 aromatic heterocycles. The number of nitrogens with zero attached hydrogens (tertiary/aromatic N) is 5. The van der Waals surface area contributed by atoms with Crippen LogP contribution in [0.2, 0.25) is 0 Å². The lowest BCUT2D eigenvalue weighted by atomic mass is 10.0. The fourth-order valence-electron chi connectivity index (χ4n) is 4.76. The number of para-hydroxylation sites is 1. The summed E-state index contributed by atoms with van der Waals surface area (Å²) in [6.45, 7) is 4.75. The molecule has 0 radical (unpaired) electrons. The van der Waals surface area contributed by atoms with Crippen molar-refractivity contribution in [2.24, 2.45) is 7.05 Å². The van der Waals surface area contributed by atoms with Gasteiger partial charge in [-0.1, -0.05) is 42.5 Å². The van der Waals surface area contributed by atoms with Gasteiger partial charge in [-0.2, -0.15) is 5.10 Å². The van der Waals surface area contributed by atoms with Gasteiger partial charge in [0.2, 0.25) is 0 Å². The predicted molar refractivity (Wildman–Crippen MR) is 137 cm³/mol. The Morgan fingerprint density at radius 3 is 2.64 bits per heavy atom. The zero-order chi connectivity index (χ0) is 24.9. The Morgan fingerprint density at radius 1 is 1.11 bits per heavy atom. The van der Waals surface area contributed by atoms with Crippen molar-refractivity contribution in [1.29, 1.82) is 0 Å². The summed E-state index contributed by atoms with van der Waals surface area (Å²) >= 11 is 0. The Balaban J connectivity index is 1.44. The van der Waals surface area contributed by atoms with E-state index < -0.39 is 0 Å². The molecule has 1 aliphatic rings. The lowest BCUT2D eigenvalue weighted by Crippen LogP contribution is -2.38. The highest BCUT2D eigenvalue weighted by Crippen LogP contribution is 2.29. The van der Waals surface area contributed by atoms with Gasteiger partial charge in [-0.25, -0.2) is 4.98 Å². The number of rotatable bonds is 9. The minimum absolute atomic E-state index is 0.234. The smallest absolute Gasteiger partial charge is 0.273 e. The van der Waals surface area contributed by atoms with Crippen LogP contribution in [0.5, 0.6) is 5.75 Å². The molecule has 188 valence electrons. The molecule has 3 heterocycles. The summed E-state index contributed by atoms with van der Waals surface area (Å²) in [5.74, 6) is 1.26. The number of carbonyl (C=O) groups excluding carboxylic acids is 1. The molecule has 9 nitrogen and oxygen atoms in total. The first-order valence-electron chi connectivity index (χ1n) is 12.3. The van der Waals surface area contributed by atoms with Crippen LogP contribution in [0, 0.1) is 0 Å². The van der Waals surface area contributed by atoms with Crippen LogP contribution >= 0.6 is 0 Å². The van der Waals surface area contributed by atoms with Gasteiger partial charge in [-0.15, -0.1) is 0 Å². The number of aryl methyl sites for hydroxylation is 1. The van der Waals surface area contributed by atoms with Crippen LogP contribution in [-0.2, 0) is 24.8 Å². The van der Waals surface area contributed by atoms with Crippen LogP contribution < -0.4 is 10.1 Å². The van der Waals surface area contributed by atoms with E-state index in [2.05, 4.69) is 27.3 Å². The number of nitrogens with one attached hydrogen (secondary N) is 1. The van der Waals surface area contributed by atoms with Crippen molar-refractivity contribution >= 4 is 16.8 Å². The Labute approximate surface area is 210 Å². The van der Waals surface area contributed by atoms with E-state index in [-0.39, 0.29) is 11.9 Å². The number of hydrogen-bond acceptors (Lipinski definition) is 6. The Hall–Kier alpha value is -3.69. The summed E-state index contributed by atoms with van der Waals surface area (Å²) in [6.07, 6.45) is 4.26. The highest BCUT2D eigenvalue weighted by Gasteiger charge is 2.25. The highest BCUT2D eigenvalue weighted by atomic mass is 16.5. The zero-order valence-corrected chi connectivity index (χ0v) is 20.8. The molecule has 2 aromatic carbocycles. The van der Waals surface area contributed by atoms with Gasteiger partial charge in [0.15, 0.2) is 5.69 Å². The average Bonchev–Trinajstić information content (AvgIpc) is 3.52. The van der Waals surface area contributed by atoms with Crippen LogP contribution in [0.3, 0.4) is 0 Å². The number of amides is 1. The Bertz CT molecular complexity index is 1310. The van der Waals surface area contributed by atoms with Crippen LogP contribution in [0.1, 0.15) is 27.9 Å². The van der Waals surface area contributed by atoms with Crippen LogP contribution in [0.15, 0.2) is 60.9 Å². The summed E-state index contributed by atoms with van der Waals surface area (Å²) in [7, 11) is 3.58. The molecule has 1 saturated heterocycles. The molecule has 0 bridgehead atoms. The van der Waals surface area contributed by atoms with E-state index in [0.29, 0.717) is 24.4 Å². The predicted octanol–water partition coefficient (Wildman–Crippen LogP) is 2.82. The van der Waals surface area contributed by atoms with E-state index in [9.17, 15) is 4.79 Å². The molecular weight excluding hydrogens is 456 g/mol. The minimum atomic E-state index is -0.306. The molecular formula is C27H32N6O3. The van der Waals surface area contributed by atoms with E-state index in [1.807, 2.05) is 58.9 Å². The van der Waals surface area contributed by atoms with Crippen molar-refractivity contribution in [3.63, 3.8) is 0 Å². The van der Waals surface area contributed by atoms with Gasteiger partial charge in [0.05, 0.1) is 32.9 Å². The van der Waals surface area contributed by atoms with Gasteiger partial charge in [0.1, 0.15) is 17.1 Å². The second-order valence-electron chi connectivity index (χ2n) is 8.99. The lowest BCUT2D eigenvalue weighted by molar-refractivity contribution is 0.0361. The first kappa shape index (κ1) is 24.0. The lowest BCUT2D eigenvalue weighted by Gasteiger charge is -2.26. The molecule has 4 aromatic rings. The van der Waals surface area contributed by atoms with Gasteiger partial charge in [0, 0.05) is 44.5 Å². The topological polar surface area (TPSA) is 86.4 Å². The van der Waals surface area contributed by atoms with Crippen LogP contribution in [-0.4, -0.2) is 70.1 Å².